The molecule has 110 valence electrons. The predicted molar refractivity (Wildman–Crippen MR) is 79.4 cm³/mol. The van der Waals surface area contributed by atoms with Crippen LogP contribution in [0.4, 0.5) is 5.69 Å². The van der Waals surface area contributed by atoms with E-state index in [1.807, 2.05) is 18.2 Å². The number of rotatable bonds is 6. The predicted octanol–water partition coefficient (Wildman–Crippen LogP) is 1.19. The summed E-state index contributed by atoms with van der Waals surface area (Å²) in [4.78, 5) is 14.3. The lowest BCUT2D eigenvalue weighted by molar-refractivity contribution is -0.118. The van der Waals surface area contributed by atoms with Gasteiger partial charge in [-0.3, -0.25) is 9.69 Å². The fourth-order valence-electron chi connectivity index (χ4n) is 2.44. The van der Waals surface area contributed by atoms with Crippen LogP contribution in [0.2, 0.25) is 0 Å². The molecule has 1 heterocycles. The maximum absolute atomic E-state index is 11.8. The Kier molecular flexibility index (Phi) is 5.52. The van der Waals surface area contributed by atoms with Crippen molar-refractivity contribution < 1.29 is 9.53 Å². The Morgan fingerprint density at radius 2 is 2.20 bits per heavy atom. The van der Waals surface area contributed by atoms with Crippen molar-refractivity contribution >= 4 is 11.6 Å². The summed E-state index contributed by atoms with van der Waals surface area (Å²) in [5.74, 6) is -0.217. The van der Waals surface area contributed by atoms with Gasteiger partial charge < -0.3 is 15.8 Å². The maximum Gasteiger partial charge on any atom is 0.243 e. The molecule has 1 atom stereocenters. The van der Waals surface area contributed by atoms with E-state index in [1.165, 1.54) is 25.5 Å². The van der Waals surface area contributed by atoms with Crippen LogP contribution in [0.15, 0.2) is 24.3 Å². The smallest absolute Gasteiger partial charge is 0.243 e. The van der Waals surface area contributed by atoms with Gasteiger partial charge in [-0.25, -0.2) is 0 Å². The highest BCUT2D eigenvalue weighted by atomic mass is 16.5. The average Bonchev–Trinajstić information content (AvgIpc) is 2.92. The van der Waals surface area contributed by atoms with Gasteiger partial charge in [0.2, 0.25) is 5.91 Å². The Balaban J connectivity index is 1.93. The number of nitrogens with two attached hydrogens (primary N) is 1. The van der Waals surface area contributed by atoms with Crippen LogP contribution in [-0.4, -0.2) is 43.7 Å². The second-order valence-corrected chi connectivity index (χ2v) is 5.23. The molecule has 2 rings (SSSR count). The third-order valence-electron chi connectivity index (χ3n) is 3.48. The molecule has 0 aliphatic carbocycles. The summed E-state index contributed by atoms with van der Waals surface area (Å²) in [6.45, 7) is 3.48. The molecule has 20 heavy (non-hydrogen) atoms. The normalized spacial score (nSPS) is 17.1. The minimum absolute atomic E-state index is 0.217. The van der Waals surface area contributed by atoms with Crippen LogP contribution in [0.1, 0.15) is 18.4 Å². The van der Waals surface area contributed by atoms with Crippen LogP contribution in [0.25, 0.3) is 0 Å². The van der Waals surface area contributed by atoms with Gasteiger partial charge in [-0.05, 0) is 43.6 Å². The van der Waals surface area contributed by atoms with E-state index in [-0.39, 0.29) is 12.5 Å². The molecule has 0 radical (unpaired) electrons. The van der Waals surface area contributed by atoms with Crippen LogP contribution in [0.5, 0.6) is 0 Å². The van der Waals surface area contributed by atoms with Gasteiger partial charge in [0.25, 0.3) is 0 Å². The first-order valence-electron chi connectivity index (χ1n) is 7.05. The molecule has 0 aromatic heterocycles. The maximum atomic E-state index is 11.8. The number of hydrogen-bond acceptors (Lipinski definition) is 4. The van der Waals surface area contributed by atoms with Gasteiger partial charge in [0.05, 0.1) is 6.61 Å². The van der Waals surface area contributed by atoms with Crippen molar-refractivity contribution in [3.05, 3.63) is 29.8 Å². The number of carbonyl (C=O) groups excluding carboxylic acids is 1. The van der Waals surface area contributed by atoms with Crippen LogP contribution in [-0.2, 0) is 16.1 Å². The molecule has 0 spiro atoms. The standard InChI is InChI=1S/C15H23N3O2/c1-20-11-14(16)15(19)17-13-6-4-5-12(9-13)10-18-7-2-3-8-18/h4-6,9,14H,2-3,7-8,10-11,16H2,1H3,(H,17,19). The van der Waals surface area contributed by atoms with E-state index in [0.717, 1.165) is 25.3 Å². The van der Waals surface area contributed by atoms with Gasteiger partial charge in [-0.15, -0.1) is 0 Å². The number of likely N-dealkylation sites (tertiary alicyclic amines) is 1. The number of methoxy groups -OCH3 is 1. The molecule has 3 N–H and O–H groups in total. The summed E-state index contributed by atoms with van der Waals surface area (Å²) in [7, 11) is 1.53. The quantitative estimate of drug-likeness (QED) is 0.820. The Morgan fingerprint density at radius 1 is 1.45 bits per heavy atom. The van der Waals surface area contributed by atoms with Gasteiger partial charge >= 0.3 is 0 Å². The number of hydrogen-bond donors (Lipinski definition) is 2. The fraction of sp³-hybridized carbons (Fsp3) is 0.533. The molecule has 1 aromatic carbocycles. The zero-order chi connectivity index (χ0) is 14.4. The lowest BCUT2D eigenvalue weighted by Crippen LogP contribution is -2.39. The van der Waals surface area contributed by atoms with Crippen molar-refractivity contribution in [2.75, 3.05) is 32.1 Å². The third-order valence-corrected chi connectivity index (χ3v) is 3.48. The molecule has 5 nitrogen and oxygen atoms in total. The van der Waals surface area contributed by atoms with E-state index in [4.69, 9.17) is 10.5 Å². The summed E-state index contributed by atoms with van der Waals surface area (Å²) < 4.78 is 4.88. The van der Waals surface area contributed by atoms with E-state index >= 15 is 0 Å². The highest BCUT2D eigenvalue weighted by molar-refractivity contribution is 5.94. The molecule has 1 saturated heterocycles. The average molecular weight is 277 g/mol. The Hall–Kier alpha value is -1.43. The molecular formula is C15H23N3O2. The van der Waals surface area contributed by atoms with Gasteiger partial charge in [0, 0.05) is 19.3 Å². The molecule has 1 aliphatic rings. The summed E-state index contributed by atoms with van der Waals surface area (Å²) in [6.07, 6.45) is 2.56. The molecule has 1 aromatic rings. The van der Waals surface area contributed by atoms with E-state index in [2.05, 4.69) is 16.3 Å². The first-order chi connectivity index (χ1) is 9.69. The van der Waals surface area contributed by atoms with Crippen molar-refractivity contribution in [3.63, 3.8) is 0 Å². The number of amides is 1. The van der Waals surface area contributed by atoms with E-state index in [0.29, 0.717) is 0 Å². The van der Waals surface area contributed by atoms with Crippen LogP contribution in [0.3, 0.4) is 0 Å². The number of nitrogens with one attached hydrogen (secondary N) is 1. The number of carbonyl (C=O) groups is 1. The minimum Gasteiger partial charge on any atom is -0.383 e. The first kappa shape index (κ1) is 15.0. The van der Waals surface area contributed by atoms with Gasteiger partial charge in [0.15, 0.2) is 0 Å². The van der Waals surface area contributed by atoms with Crippen molar-refractivity contribution in [1.29, 1.82) is 0 Å². The molecule has 0 bridgehead atoms. The summed E-state index contributed by atoms with van der Waals surface area (Å²) in [5, 5.41) is 2.83. The first-order valence-corrected chi connectivity index (χ1v) is 7.05. The SMILES string of the molecule is COCC(N)C(=O)Nc1cccc(CN2CCCC2)c1. The lowest BCUT2D eigenvalue weighted by atomic mass is 10.2. The summed E-state index contributed by atoms with van der Waals surface area (Å²) >= 11 is 0. The topological polar surface area (TPSA) is 67.6 Å². The second kappa shape index (κ2) is 7.38. The van der Waals surface area contributed by atoms with Crippen molar-refractivity contribution in [3.8, 4) is 0 Å². The lowest BCUT2D eigenvalue weighted by Gasteiger charge is -2.16. The second-order valence-electron chi connectivity index (χ2n) is 5.23. The Bertz CT molecular complexity index is 444. The van der Waals surface area contributed by atoms with E-state index < -0.39 is 6.04 Å². The minimum atomic E-state index is -0.637. The highest BCUT2D eigenvalue weighted by Crippen LogP contribution is 2.16. The molecule has 5 heteroatoms. The summed E-state index contributed by atoms with van der Waals surface area (Å²) in [6, 6.07) is 7.30. The van der Waals surface area contributed by atoms with Crippen molar-refractivity contribution in [2.45, 2.75) is 25.4 Å². The third kappa shape index (κ3) is 4.30. The Morgan fingerprint density at radius 3 is 2.90 bits per heavy atom. The number of ether oxygens (including phenoxy) is 1. The molecule has 1 fully saturated rings. The van der Waals surface area contributed by atoms with E-state index in [1.54, 1.807) is 0 Å². The van der Waals surface area contributed by atoms with Crippen LogP contribution >= 0.6 is 0 Å². The molecular weight excluding hydrogens is 254 g/mol. The van der Waals surface area contributed by atoms with Crippen LogP contribution < -0.4 is 11.1 Å². The van der Waals surface area contributed by atoms with Crippen LogP contribution in [0, 0.1) is 0 Å². The van der Waals surface area contributed by atoms with Gasteiger partial charge in [0.1, 0.15) is 6.04 Å². The largest absolute Gasteiger partial charge is 0.383 e. The Labute approximate surface area is 120 Å². The number of benzene rings is 1. The van der Waals surface area contributed by atoms with Gasteiger partial charge in [-0.1, -0.05) is 12.1 Å². The fourth-order valence-corrected chi connectivity index (χ4v) is 2.44. The summed E-state index contributed by atoms with van der Waals surface area (Å²) in [5.41, 5.74) is 7.70. The monoisotopic (exact) mass is 277 g/mol. The van der Waals surface area contributed by atoms with E-state index in [9.17, 15) is 4.79 Å². The molecule has 1 aliphatic heterocycles. The van der Waals surface area contributed by atoms with Crippen molar-refractivity contribution in [1.82, 2.24) is 4.90 Å². The zero-order valence-electron chi connectivity index (χ0n) is 12.0. The molecule has 1 unspecified atom stereocenters. The zero-order valence-corrected chi connectivity index (χ0v) is 12.0. The molecule has 1 amide bonds. The van der Waals surface area contributed by atoms with Gasteiger partial charge in [-0.2, -0.15) is 0 Å². The highest BCUT2D eigenvalue weighted by Gasteiger charge is 2.14. The number of nitrogens with zero attached hydrogens (tertiary/aromatic N) is 1. The molecule has 0 saturated carbocycles. The van der Waals surface area contributed by atoms with Crippen molar-refractivity contribution in [2.24, 2.45) is 5.73 Å². The number of anilines is 1.